The molecule has 2 aromatic carbocycles. The smallest absolute Gasteiger partial charge is 0.265 e. The largest absolute Gasteiger partial charge is 0.481 e. The third-order valence-corrected chi connectivity index (χ3v) is 3.81. The number of benzene rings is 2. The van der Waals surface area contributed by atoms with Crippen molar-refractivity contribution >= 4 is 11.6 Å². The van der Waals surface area contributed by atoms with Gasteiger partial charge in [-0.3, -0.25) is 4.79 Å². The lowest BCUT2D eigenvalue weighted by Gasteiger charge is -2.20. The molecule has 3 nitrogen and oxygen atoms in total. The minimum Gasteiger partial charge on any atom is -0.481 e. The lowest BCUT2D eigenvalue weighted by atomic mass is 9.87. The van der Waals surface area contributed by atoms with Crippen molar-refractivity contribution in [3.63, 3.8) is 0 Å². The van der Waals surface area contributed by atoms with Crippen molar-refractivity contribution in [1.82, 2.24) is 0 Å². The Labute approximate surface area is 138 Å². The average molecular weight is 311 g/mol. The molecule has 0 fully saturated rings. The van der Waals surface area contributed by atoms with Gasteiger partial charge in [0.2, 0.25) is 0 Å². The van der Waals surface area contributed by atoms with Crippen molar-refractivity contribution in [2.75, 3.05) is 5.32 Å². The summed E-state index contributed by atoms with van der Waals surface area (Å²) in [5.41, 5.74) is 3.19. The van der Waals surface area contributed by atoms with Crippen molar-refractivity contribution in [2.24, 2.45) is 0 Å². The molecule has 2 aromatic rings. The molecule has 0 saturated heterocycles. The zero-order valence-electron chi connectivity index (χ0n) is 14.5. The van der Waals surface area contributed by atoms with Crippen molar-refractivity contribution in [1.29, 1.82) is 0 Å². The molecule has 2 rings (SSSR count). The van der Waals surface area contributed by atoms with Gasteiger partial charge in [-0.25, -0.2) is 0 Å². The van der Waals surface area contributed by atoms with Gasteiger partial charge < -0.3 is 10.1 Å². The van der Waals surface area contributed by atoms with Crippen molar-refractivity contribution < 1.29 is 9.53 Å². The minimum atomic E-state index is -0.560. The first-order chi connectivity index (χ1) is 10.8. The van der Waals surface area contributed by atoms with Gasteiger partial charge in [-0.2, -0.15) is 0 Å². The number of aryl methyl sites for hydroxylation is 1. The van der Waals surface area contributed by atoms with E-state index in [2.05, 4.69) is 26.1 Å². The molecule has 0 saturated carbocycles. The van der Waals surface area contributed by atoms with Crippen LogP contribution >= 0.6 is 0 Å². The molecule has 1 atom stereocenters. The van der Waals surface area contributed by atoms with E-state index in [1.807, 2.05) is 55.5 Å². The first-order valence-electron chi connectivity index (χ1n) is 7.91. The van der Waals surface area contributed by atoms with Gasteiger partial charge in [0.25, 0.3) is 5.91 Å². The van der Waals surface area contributed by atoms with Crippen LogP contribution in [0.1, 0.15) is 38.8 Å². The maximum absolute atomic E-state index is 12.3. The van der Waals surface area contributed by atoms with E-state index in [9.17, 15) is 4.79 Å². The van der Waals surface area contributed by atoms with Crippen LogP contribution in [0.5, 0.6) is 5.75 Å². The van der Waals surface area contributed by atoms with E-state index < -0.39 is 6.10 Å². The van der Waals surface area contributed by atoms with Crippen LogP contribution in [0.3, 0.4) is 0 Å². The van der Waals surface area contributed by atoms with Crippen LogP contribution in [0.2, 0.25) is 0 Å². The molecule has 3 heteroatoms. The highest BCUT2D eigenvalue weighted by Gasteiger charge is 2.17. The SMILES string of the molecule is Cc1ccccc1NC(=O)C(C)Oc1ccc(C(C)(C)C)cc1. The molecule has 1 amide bonds. The summed E-state index contributed by atoms with van der Waals surface area (Å²) in [5, 5.41) is 2.90. The number of para-hydroxylation sites is 1. The third-order valence-electron chi connectivity index (χ3n) is 3.81. The molecule has 0 aliphatic carbocycles. The van der Waals surface area contributed by atoms with Gasteiger partial charge >= 0.3 is 0 Å². The number of carbonyl (C=O) groups excluding carboxylic acids is 1. The molecular weight excluding hydrogens is 286 g/mol. The first-order valence-corrected chi connectivity index (χ1v) is 7.91. The molecule has 1 N–H and O–H groups in total. The van der Waals surface area contributed by atoms with Gasteiger partial charge in [0.1, 0.15) is 5.75 Å². The number of ether oxygens (including phenoxy) is 1. The Kier molecular flexibility index (Phi) is 5.09. The van der Waals surface area contributed by atoms with Gasteiger partial charge in [-0.05, 0) is 48.6 Å². The molecule has 0 heterocycles. The summed E-state index contributed by atoms with van der Waals surface area (Å²) in [6, 6.07) is 15.6. The second-order valence-corrected chi connectivity index (χ2v) is 6.84. The normalized spacial score (nSPS) is 12.6. The van der Waals surface area contributed by atoms with Crippen LogP contribution in [0.25, 0.3) is 0 Å². The fraction of sp³-hybridized carbons (Fsp3) is 0.350. The Morgan fingerprint density at radius 1 is 1.04 bits per heavy atom. The zero-order chi connectivity index (χ0) is 17.0. The predicted molar refractivity (Wildman–Crippen MR) is 95.0 cm³/mol. The van der Waals surface area contributed by atoms with E-state index in [-0.39, 0.29) is 11.3 Å². The number of carbonyl (C=O) groups is 1. The summed E-state index contributed by atoms with van der Waals surface area (Å²) in [6.45, 7) is 10.2. The molecular formula is C20H25NO2. The number of hydrogen-bond donors (Lipinski definition) is 1. The zero-order valence-corrected chi connectivity index (χ0v) is 14.5. The number of amides is 1. The Morgan fingerprint density at radius 2 is 1.65 bits per heavy atom. The molecule has 0 aliphatic heterocycles. The highest BCUT2D eigenvalue weighted by molar-refractivity contribution is 5.94. The summed E-state index contributed by atoms with van der Waals surface area (Å²) in [7, 11) is 0. The average Bonchev–Trinajstić information content (AvgIpc) is 2.49. The Morgan fingerprint density at radius 3 is 2.22 bits per heavy atom. The maximum Gasteiger partial charge on any atom is 0.265 e. The van der Waals surface area contributed by atoms with Gasteiger partial charge in [0.15, 0.2) is 6.10 Å². The second kappa shape index (κ2) is 6.86. The number of anilines is 1. The maximum atomic E-state index is 12.3. The fourth-order valence-corrected chi connectivity index (χ4v) is 2.24. The summed E-state index contributed by atoms with van der Waals surface area (Å²) in [4.78, 5) is 12.3. The van der Waals surface area contributed by atoms with Crippen LogP contribution in [0, 0.1) is 6.92 Å². The topological polar surface area (TPSA) is 38.3 Å². The van der Waals surface area contributed by atoms with Gasteiger partial charge in [0.05, 0.1) is 0 Å². The summed E-state index contributed by atoms with van der Waals surface area (Å²) in [6.07, 6.45) is -0.560. The van der Waals surface area contributed by atoms with Crippen LogP contribution in [-0.4, -0.2) is 12.0 Å². The van der Waals surface area contributed by atoms with Crippen LogP contribution < -0.4 is 10.1 Å². The van der Waals surface area contributed by atoms with Gasteiger partial charge in [-0.15, -0.1) is 0 Å². The van der Waals surface area contributed by atoms with Crippen LogP contribution in [0.4, 0.5) is 5.69 Å². The number of nitrogens with one attached hydrogen (secondary N) is 1. The summed E-state index contributed by atoms with van der Waals surface area (Å²) < 4.78 is 5.74. The first kappa shape index (κ1) is 17.1. The molecule has 0 radical (unpaired) electrons. The van der Waals surface area contributed by atoms with Crippen molar-refractivity contribution in [3.8, 4) is 5.75 Å². The summed E-state index contributed by atoms with van der Waals surface area (Å²) in [5.74, 6) is 0.546. The third kappa shape index (κ3) is 4.59. The second-order valence-electron chi connectivity index (χ2n) is 6.84. The molecule has 0 aromatic heterocycles. The Balaban J connectivity index is 2.00. The summed E-state index contributed by atoms with van der Waals surface area (Å²) >= 11 is 0. The standard InChI is InChI=1S/C20H25NO2/c1-14-8-6-7-9-18(14)21-19(22)15(2)23-17-12-10-16(11-13-17)20(3,4)5/h6-13,15H,1-5H3,(H,21,22). The van der Waals surface area contributed by atoms with E-state index in [1.54, 1.807) is 6.92 Å². The quantitative estimate of drug-likeness (QED) is 0.889. The van der Waals surface area contributed by atoms with E-state index in [4.69, 9.17) is 4.74 Å². The fourth-order valence-electron chi connectivity index (χ4n) is 2.24. The molecule has 0 bridgehead atoms. The lowest BCUT2D eigenvalue weighted by molar-refractivity contribution is -0.122. The predicted octanol–water partition coefficient (Wildman–Crippen LogP) is 4.70. The van der Waals surface area contributed by atoms with Crippen molar-refractivity contribution in [2.45, 2.75) is 46.1 Å². The lowest BCUT2D eigenvalue weighted by Crippen LogP contribution is -2.30. The Hall–Kier alpha value is -2.29. The molecule has 0 aliphatic rings. The Bertz CT molecular complexity index is 669. The number of hydrogen-bond acceptors (Lipinski definition) is 2. The van der Waals surface area contributed by atoms with Crippen LogP contribution in [-0.2, 0) is 10.2 Å². The van der Waals surface area contributed by atoms with E-state index in [0.29, 0.717) is 5.75 Å². The van der Waals surface area contributed by atoms with E-state index in [1.165, 1.54) is 5.56 Å². The van der Waals surface area contributed by atoms with Gasteiger partial charge in [-0.1, -0.05) is 51.1 Å². The van der Waals surface area contributed by atoms with Gasteiger partial charge in [0, 0.05) is 5.69 Å². The monoisotopic (exact) mass is 311 g/mol. The number of rotatable bonds is 4. The highest BCUT2D eigenvalue weighted by atomic mass is 16.5. The molecule has 1 unspecified atom stereocenters. The molecule has 0 spiro atoms. The van der Waals surface area contributed by atoms with Crippen LogP contribution in [0.15, 0.2) is 48.5 Å². The highest BCUT2D eigenvalue weighted by Crippen LogP contribution is 2.24. The molecule has 122 valence electrons. The van der Waals surface area contributed by atoms with Crippen molar-refractivity contribution in [3.05, 3.63) is 59.7 Å². The van der Waals surface area contributed by atoms with E-state index >= 15 is 0 Å². The van der Waals surface area contributed by atoms with E-state index in [0.717, 1.165) is 11.3 Å². The minimum absolute atomic E-state index is 0.104. The molecule has 23 heavy (non-hydrogen) atoms.